The van der Waals surface area contributed by atoms with Crippen molar-refractivity contribution in [3.63, 3.8) is 0 Å². The third-order valence-corrected chi connectivity index (χ3v) is 5.58. The van der Waals surface area contributed by atoms with E-state index in [0.717, 1.165) is 31.3 Å². The van der Waals surface area contributed by atoms with E-state index in [1.165, 1.54) is 0 Å². The predicted molar refractivity (Wildman–Crippen MR) is 65.7 cm³/mol. The molecule has 1 unspecified atom stereocenters. The monoisotopic (exact) mass is 262 g/mol. The fraction of sp³-hybridized carbons (Fsp3) is 0.818. The number of rotatable bonds is 10. The summed E-state index contributed by atoms with van der Waals surface area (Å²) in [5.74, 6) is 0.784. The summed E-state index contributed by atoms with van der Waals surface area (Å²) in [5.41, 5.74) is 0. The van der Waals surface area contributed by atoms with Crippen LogP contribution in [0.3, 0.4) is 0 Å². The zero-order valence-corrected chi connectivity index (χ0v) is 11.9. The normalized spacial score (nSPS) is 19.1. The van der Waals surface area contributed by atoms with Crippen LogP contribution in [-0.2, 0) is 22.8 Å². The molecule has 0 bridgehead atoms. The fourth-order valence-electron chi connectivity index (χ4n) is 1.51. The van der Waals surface area contributed by atoms with Crippen LogP contribution in [0.1, 0.15) is 12.8 Å². The minimum Gasteiger partial charge on any atom is -0.496 e. The molecule has 1 rings (SSSR count). The van der Waals surface area contributed by atoms with Gasteiger partial charge in [-0.1, -0.05) is 6.58 Å². The van der Waals surface area contributed by atoms with Crippen LogP contribution < -0.4 is 0 Å². The average molecular weight is 262 g/mol. The Hall–Kier alpha value is -0.403. The molecule has 0 spiro atoms. The van der Waals surface area contributed by atoms with Gasteiger partial charge in [0.15, 0.2) is 0 Å². The third-order valence-electron chi connectivity index (χ3n) is 2.75. The van der Waals surface area contributed by atoms with E-state index in [2.05, 4.69) is 6.58 Å². The maximum atomic E-state index is 5.46. The highest BCUT2D eigenvalue weighted by Gasteiger charge is 2.36. The number of hydrogen-bond donors (Lipinski definition) is 0. The highest BCUT2D eigenvalue weighted by Crippen LogP contribution is 2.19. The zero-order chi connectivity index (χ0) is 12.7. The molecule has 1 fully saturated rings. The molecule has 6 heteroatoms. The zero-order valence-electron chi connectivity index (χ0n) is 10.9. The van der Waals surface area contributed by atoms with E-state index >= 15 is 0 Å². The minimum absolute atomic E-state index is 0.275. The van der Waals surface area contributed by atoms with Gasteiger partial charge in [0.1, 0.15) is 12.7 Å². The lowest BCUT2D eigenvalue weighted by molar-refractivity contribution is 0.122. The molecule has 100 valence electrons. The van der Waals surface area contributed by atoms with Crippen molar-refractivity contribution in [3.8, 4) is 0 Å². The average Bonchev–Trinajstić information content (AvgIpc) is 3.17. The summed E-state index contributed by atoms with van der Waals surface area (Å²) in [6.07, 6.45) is 1.95. The lowest BCUT2D eigenvalue weighted by Crippen LogP contribution is -2.42. The summed E-state index contributed by atoms with van der Waals surface area (Å²) in [7, 11) is 2.42. The summed E-state index contributed by atoms with van der Waals surface area (Å²) >= 11 is 0. The largest absolute Gasteiger partial charge is 0.500 e. The molecule has 1 aliphatic heterocycles. The molecule has 0 amide bonds. The van der Waals surface area contributed by atoms with E-state index < -0.39 is 8.80 Å². The Morgan fingerprint density at radius 2 is 1.88 bits per heavy atom. The first-order chi connectivity index (χ1) is 8.15. The van der Waals surface area contributed by atoms with Gasteiger partial charge in [-0.25, -0.2) is 0 Å². The van der Waals surface area contributed by atoms with E-state index in [9.17, 15) is 0 Å². The van der Waals surface area contributed by atoms with Crippen molar-refractivity contribution in [1.29, 1.82) is 0 Å². The molecule has 1 heterocycles. The molecule has 1 atom stereocenters. The quantitative estimate of drug-likeness (QED) is 0.340. The van der Waals surface area contributed by atoms with Crippen molar-refractivity contribution in [1.82, 2.24) is 0 Å². The predicted octanol–water partition coefficient (Wildman–Crippen LogP) is 1.57. The molecule has 5 nitrogen and oxygen atoms in total. The maximum Gasteiger partial charge on any atom is 0.500 e. The van der Waals surface area contributed by atoms with Crippen molar-refractivity contribution in [2.75, 3.05) is 34.5 Å². The van der Waals surface area contributed by atoms with Gasteiger partial charge in [-0.05, 0) is 6.42 Å². The second-order valence-electron chi connectivity index (χ2n) is 3.95. The molecular formula is C11H22O5Si. The Morgan fingerprint density at radius 1 is 1.29 bits per heavy atom. The molecule has 1 saturated heterocycles. The van der Waals surface area contributed by atoms with Crippen LogP contribution in [0.25, 0.3) is 0 Å². The van der Waals surface area contributed by atoms with Crippen LogP contribution in [0.15, 0.2) is 12.3 Å². The van der Waals surface area contributed by atoms with Crippen molar-refractivity contribution < 1.29 is 22.8 Å². The van der Waals surface area contributed by atoms with Gasteiger partial charge in [0.25, 0.3) is 0 Å². The second kappa shape index (κ2) is 7.12. The van der Waals surface area contributed by atoms with Gasteiger partial charge < -0.3 is 22.8 Å². The Morgan fingerprint density at radius 3 is 2.35 bits per heavy atom. The Labute approximate surface area is 104 Å². The van der Waals surface area contributed by atoms with E-state index in [-0.39, 0.29) is 6.10 Å². The van der Waals surface area contributed by atoms with E-state index in [0.29, 0.717) is 6.61 Å². The number of hydrogen-bond acceptors (Lipinski definition) is 5. The van der Waals surface area contributed by atoms with Gasteiger partial charge in [-0.3, -0.25) is 0 Å². The highest BCUT2D eigenvalue weighted by atomic mass is 28.4. The second-order valence-corrected chi connectivity index (χ2v) is 7.04. The first-order valence-corrected chi connectivity index (χ1v) is 7.66. The van der Waals surface area contributed by atoms with E-state index in [4.69, 9.17) is 22.8 Å². The molecule has 0 aromatic heterocycles. The number of allylic oxidation sites excluding steroid dienone is 1. The first kappa shape index (κ1) is 14.7. The minimum atomic E-state index is -2.44. The standard InChI is InChI=1S/C11H22O5Si/c1-10(15-8-11-9-16-11)6-5-7-17(12-2,13-3)14-4/h11H,1,5-9H2,2-4H3. The van der Waals surface area contributed by atoms with Crippen molar-refractivity contribution in [2.24, 2.45) is 0 Å². The summed E-state index contributed by atoms with van der Waals surface area (Å²) in [6.45, 7) is 5.28. The van der Waals surface area contributed by atoms with E-state index in [1.807, 2.05) is 0 Å². The van der Waals surface area contributed by atoms with Crippen LogP contribution in [0.4, 0.5) is 0 Å². The van der Waals surface area contributed by atoms with Gasteiger partial charge in [0.2, 0.25) is 0 Å². The van der Waals surface area contributed by atoms with Gasteiger partial charge in [0.05, 0.1) is 12.4 Å². The topological polar surface area (TPSA) is 49.5 Å². The molecule has 0 radical (unpaired) electrons. The highest BCUT2D eigenvalue weighted by molar-refractivity contribution is 6.60. The van der Waals surface area contributed by atoms with Crippen LogP contribution in [-0.4, -0.2) is 49.5 Å². The van der Waals surface area contributed by atoms with Crippen LogP contribution in [0.5, 0.6) is 0 Å². The Kier molecular flexibility index (Phi) is 6.14. The van der Waals surface area contributed by atoms with E-state index in [1.54, 1.807) is 21.3 Å². The molecule has 0 aliphatic carbocycles. The van der Waals surface area contributed by atoms with Gasteiger partial charge in [0, 0.05) is 33.8 Å². The first-order valence-electron chi connectivity index (χ1n) is 5.73. The third kappa shape index (κ3) is 5.18. The number of epoxide rings is 1. The van der Waals surface area contributed by atoms with Crippen molar-refractivity contribution in [2.45, 2.75) is 25.0 Å². The smallest absolute Gasteiger partial charge is 0.496 e. The van der Waals surface area contributed by atoms with Crippen molar-refractivity contribution >= 4 is 8.80 Å². The summed E-state index contributed by atoms with van der Waals surface area (Å²) in [5, 5.41) is 0. The molecule has 0 saturated carbocycles. The molecule has 0 aromatic rings. The Balaban J connectivity index is 2.13. The maximum absolute atomic E-state index is 5.46. The molecular weight excluding hydrogens is 240 g/mol. The van der Waals surface area contributed by atoms with Gasteiger partial charge in [-0.15, -0.1) is 0 Å². The van der Waals surface area contributed by atoms with Gasteiger partial charge >= 0.3 is 8.80 Å². The summed E-state index contributed by atoms with van der Waals surface area (Å²) in [4.78, 5) is 0. The summed E-state index contributed by atoms with van der Waals surface area (Å²) in [6, 6.07) is 0.763. The fourth-order valence-corrected chi connectivity index (χ4v) is 3.23. The molecule has 0 N–H and O–H groups in total. The molecule has 0 aromatic carbocycles. The lowest BCUT2D eigenvalue weighted by atomic mass is 10.3. The van der Waals surface area contributed by atoms with Crippen LogP contribution in [0, 0.1) is 0 Å². The lowest BCUT2D eigenvalue weighted by Gasteiger charge is -2.24. The van der Waals surface area contributed by atoms with Crippen LogP contribution >= 0.6 is 0 Å². The van der Waals surface area contributed by atoms with Gasteiger partial charge in [-0.2, -0.15) is 0 Å². The number of ether oxygens (including phenoxy) is 2. The summed E-state index contributed by atoms with van der Waals surface area (Å²) < 4.78 is 26.5. The van der Waals surface area contributed by atoms with Crippen molar-refractivity contribution in [3.05, 3.63) is 12.3 Å². The van der Waals surface area contributed by atoms with Crippen LogP contribution in [0.2, 0.25) is 6.04 Å². The SMILES string of the molecule is C=C(CCC[Si](OC)(OC)OC)OCC1CO1. The molecule has 1 aliphatic rings. The Bertz CT molecular complexity index is 230. The molecule has 17 heavy (non-hydrogen) atoms.